The first kappa shape index (κ1) is 18.4. The minimum absolute atomic E-state index is 1.00. The van der Waals surface area contributed by atoms with E-state index in [1.165, 1.54) is 21.5 Å². The van der Waals surface area contributed by atoms with Gasteiger partial charge in [-0.2, -0.15) is 0 Å². The SMILES string of the molecule is C=Cc1ccc(C[P](c2ccccc2)(c2ccccc2)c2ccccc2)cc1. The third-order valence-corrected chi connectivity index (χ3v) is 9.60. The number of rotatable bonds is 6. The van der Waals surface area contributed by atoms with Crippen LogP contribution in [0.1, 0.15) is 11.1 Å². The quantitative estimate of drug-likeness (QED) is 0.370. The zero-order valence-electron chi connectivity index (χ0n) is 15.9. The monoisotopic (exact) mass is 379 g/mol. The van der Waals surface area contributed by atoms with Crippen LogP contribution in [-0.2, 0) is 6.16 Å². The van der Waals surface area contributed by atoms with Crippen LogP contribution in [0.4, 0.5) is 0 Å². The van der Waals surface area contributed by atoms with Crippen molar-refractivity contribution < 1.29 is 0 Å². The molecule has 137 valence electrons. The molecule has 0 fully saturated rings. The van der Waals surface area contributed by atoms with Crippen LogP contribution in [0.3, 0.4) is 0 Å². The van der Waals surface area contributed by atoms with Gasteiger partial charge in [-0.15, -0.1) is 0 Å². The first-order valence-corrected chi connectivity index (χ1v) is 11.6. The largest absolute Gasteiger partial charge is 0.0985 e. The lowest BCUT2D eigenvalue weighted by Crippen LogP contribution is -2.32. The molecule has 0 aliphatic carbocycles. The summed E-state index contributed by atoms with van der Waals surface area (Å²) in [7, 11) is -1.82. The van der Waals surface area contributed by atoms with Crippen LogP contribution >= 0.6 is 7.26 Å². The Balaban J connectivity index is 1.96. The van der Waals surface area contributed by atoms with Crippen molar-refractivity contribution >= 4 is 29.3 Å². The van der Waals surface area contributed by atoms with Crippen molar-refractivity contribution in [1.82, 2.24) is 0 Å². The molecule has 0 aliphatic rings. The molecular weight excluding hydrogens is 355 g/mol. The summed E-state index contributed by atoms with van der Waals surface area (Å²) in [6.45, 7) is 3.88. The average Bonchev–Trinajstić information content (AvgIpc) is 2.80. The predicted molar refractivity (Wildman–Crippen MR) is 125 cm³/mol. The smallest absolute Gasteiger partial charge is 0.000638 e. The van der Waals surface area contributed by atoms with Crippen molar-refractivity contribution in [1.29, 1.82) is 0 Å². The minimum atomic E-state index is -1.82. The van der Waals surface area contributed by atoms with E-state index in [-0.39, 0.29) is 0 Å². The molecule has 0 bridgehead atoms. The Morgan fingerprint density at radius 3 is 1.29 bits per heavy atom. The van der Waals surface area contributed by atoms with Gasteiger partial charge in [-0.1, -0.05) is 128 Å². The van der Waals surface area contributed by atoms with Gasteiger partial charge in [0.1, 0.15) is 0 Å². The van der Waals surface area contributed by atoms with Crippen molar-refractivity contribution in [3.63, 3.8) is 0 Å². The molecule has 0 saturated carbocycles. The summed E-state index contributed by atoms with van der Waals surface area (Å²) in [5, 5.41) is 4.25. The number of hydrogen-bond acceptors (Lipinski definition) is 0. The molecule has 0 unspecified atom stereocenters. The fraction of sp³-hybridized carbons (Fsp3) is 0.0370. The predicted octanol–water partition coefficient (Wildman–Crippen LogP) is 5.82. The number of benzene rings is 4. The summed E-state index contributed by atoms with van der Waals surface area (Å²) in [5.41, 5.74) is 2.52. The van der Waals surface area contributed by atoms with Gasteiger partial charge in [0, 0.05) is 6.16 Å². The molecule has 0 N–H and O–H groups in total. The Labute approximate surface area is 168 Å². The second-order valence-electron chi connectivity index (χ2n) is 6.92. The van der Waals surface area contributed by atoms with E-state index in [0.717, 1.165) is 11.7 Å². The van der Waals surface area contributed by atoms with E-state index in [1.807, 2.05) is 6.08 Å². The second kappa shape index (κ2) is 8.38. The highest BCUT2D eigenvalue weighted by atomic mass is 31.2. The Bertz CT molecular complexity index is 923. The van der Waals surface area contributed by atoms with Gasteiger partial charge in [0.2, 0.25) is 0 Å². The third-order valence-electron chi connectivity index (χ3n) is 5.23. The molecule has 0 spiro atoms. The van der Waals surface area contributed by atoms with E-state index in [1.54, 1.807) is 0 Å². The number of hydrogen-bond donors (Lipinski definition) is 0. The van der Waals surface area contributed by atoms with E-state index in [2.05, 4.69) is 122 Å². The fourth-order valence-electron chi connectivity index (χ4n) is 3.80. The van der Waals surface area contributed by atoms with Crippen LogP contribution < -0.4 is 15.9 Å². The molecule has 0 aromatic heterocycles. The lowest BCUT2D eigenvalue weighted by Gasteiger charge is -2.38. The fourth-order valence-corrected chi connectivity index (χ4v) is 8.05. The average molecular weight is 379 g/mol. The molecule has 0 atom stereocenters. The molecule has 0 aliphatic heterocycles. The normalized spacial score (nSPS) is 11.1. The molecule has 0 nitrogen and oxygen atoms in total. The van der Waals surface area contributed by atoms with Crippen molar-refractivity contribution in [2.75, 3.05) is 0 Å². The van der Waals surface area contributed by atoms with E-state index >= 15 is 0 Å². The Hall–Kier alpha value is -2.95. The zero-order valence-corrected chi connectivity index (χ0v) is 16.8. The highest BCUT2D eigenvalue weighted by molar-refractivity contribution is 7.95. The van der Waals surface area contributed by atoms with Gasteiger partial charge in [-0.3, -0.25) is 0 Å². The molecule has 1 heteroatoms. The van der Waals surface area contributed by atoms with Gasteiger partial charge in [-0.05, 0) is 34.3 Å². The molecule has 4 aromatic rings. The van der Waals surface area contributed by atoms with Crippen LogP contribution in [-0.4, -0.2) is 0 Å². The summed E-state index contributed by atoms with van der Waals surface area (Å²) < 4.78 is 0. The lowest BCUT2D eigenvalue weighted by molar-refractivity contribution is 1.38. The first-order valence-electron chi connectivity index (χ1n) is 9.59. The maximum atomic E-state index is 3.88. The van der Waals surface area contributed by atoms with Crippen molar-refractivity contribution in [2.24, 2.45) is 0 Å². The Kier molecular flexibility index (Phi) is 5.51. The highest BCUT2D eigenvalue weighted by Crippen LogP contribution is 2.58. The van der Waals surface area contributed by atoms with Crippen molar-refractivity contribution in [3.05, 3.63) is 133 Å². The van der Waals surface area contributed by atoms with Gasteiger partial charge in [0.15, 0.2) is 0 Å². The molecular formula is C27H24P. The van der Waals surface area contributed by atoms with Crippen LogP contribution in [0.5, 0.6) is 0 Å². The third kappa shape index (κ3) is 3.57. The van der Waals surface area contributed by atoms with Crippen LogP contribution in [0.25, 0.3) is 6.08 Å². The van der Waals surface area contributed by atoms with Gasteiger partial charge in [0.05, 0.1) is 0 Å². The molecule has 0 amide bonds. The lowest BCUT2D eigenvalue weighted by atomic mass is 10.1. The topological polar surface area (TPSA) is 0 Å². The maximum Gasteiger partial charge on any atom is 0.000638 e. The minimum Gasteiger partial charge on any atom is -0.0985 e. The van der Waals surface area contributed by atoms with Gasteiger partial charge in [-0.25, -0.2) is 0 Å². The molecule has 1 radical (unpaired) electrons. The second-order valence-corrected chi connectivity index (χ2v) is 10.4. The van der Waals surface area contributed by atoms with Crippen LogP contribution in [0.15, 0.2) is 122 Å². The van der Waals surface area contributed by atoms with Gasteiger partial charge < -0.3 is 0 Å². The summed E-state index contributed by atoms with van der Waals surface area (Å²) in [6.07, 6.45) is 2.90. The zero-order chi connectivity index (χ0) is 19.2. The van der Waals surface area contributed by atoms with Crippen molar-refractivity contribution in [2.45, 2.75) is 6.16 Å². The Morgan fingerprint density at radius 2 is 0.929 bits per heavy atom. The summed E-state index contributed by atoms with van der Waals surface area (Å²) in [4.78, 5) is 0. The van der Waals surface area contributed by atoms with E-state index in [4.69, 9.17) is 0 Å². The molecule has 0 saturated heterocycles. The summed E-state index contributed by atoms with van der Waals surface area (Å²) in [6, 6.07) is 41.9. The molecule has 28 heavy (non-hydrogen) atoms. The Morgan fingerprint density at radius 1 is 0.536 bits per heavy atom. The maximum absolute atomic E-state index is 3.88. The van der Waals surface area contributed by atoms with E-state index < -0.39 is 7.26 Å². The van der Waals surface area contributed by atoms with Crippen molar-refractivity contribution in [3.8, 4) is 0 Å². The van der Waals surface area contributed by atoms with Gasteiger partial charge in [0.25, 0.3) is 0 Å². The molecule has 4 aromatic carbocycles. The first-order chi connectivity index (χ1) is 13.8. The summed E-state index contributed by atoms with van der Waals surface area (Å²) >= 11 is 0. The van der Waals surface area contributed by atoms with E-state index in [9.17, 15) is 0 Å². The highest BCUT2D eigenvalue weighted by Gasteiger charge is 2.33. The standard InChI is InChI=1S/C27H24P/c1-2-23-18-20-24(21-19-23)22-28(25-12-6-3-7-13-25,26-14-8-4-9-15-26)27-16-10-5-11-17-27/h2-21H,1,22H2. The summed E-state index contributed by atoms with van der Waals surface area (Å²) in [5.74, 6) is 0. The van der Waals surface area contributed by atoms with E-state index in [0.29, 0.717) is 0 Å². The molecule has 4 rings (SSSR count). The molecule has 0 heterocycles. The van der Waals surface area contributed by atoms with Crippen LogP contribution in [0.2, 0.25) is 0 Å². The van der Waals surface area contributed by atoms with Gasteiger partial charge >= 0.3 is 0 Å². The van der Waals surface area contributed by atoms with Crippen LogP contribution in [0, 0.1) is 0 Å².